The van der Waals surface area contributed by atoms with E-state index in [4.69, 9.17) is 0 Å². The summed E-state index contributed by atoms with van der Waals surface area (Å²) in [6.45, 7) is 4.37. The van der Waals surface area contributed by atoms with E-state index in [-0.39, 0.29) is 0 Å². The summed E-state index contributed by atoms with van der Waals surface area (Å²) in [6, 6.07) is 9.22. The van der Waals surface area contributed by atoms with Gasteiger partial charge >= 0.3 is 0 Å². The van der Waals surface area contributed by atoms with Crippen LogP contribution in [0.15, 0.2) is 24.3 Å². The van der Waals surface area contributed by atoms with Crippen molar-refractivity contribution < 1.29 is 0 Å². The highest BCUT2D eigenvalue weighted by Gasteiger charge is 2.18. The van der Waals surface area contributed by atoms with E-state index in [1.54, 1.807) is 10.4 Å². The molecular formula is C17H19BrS. The highest BCUT2D eigenvalue weighted by Crippen LogP contribution is 2.39. The van der Waals surface area contributed by atoms with E-state index in [1.165, 1.54) is 47.3 Å². The van der Waals surface area contributed by atoms with Crippen LogP contribution in [0.25, 0.3) is 0 Å². The number of hydrogen-bond acceptors (Lipinski definition) is 1. The second-order valence-corrected chi connectivity index (χ2v) is 7.59. The Labute approximate surface area is 128 Å². The van der Waals surface area contributed by atoms with Crippen LogP contribution in [0.4, 0.5) is 0 Å². The second kappa shape index (κ2) is 5.41. The average molecular weight is 335 g/mol. The highest BCUT2D eigenvalue weighted by molar-refractivity contribution is 9.09. The van der Waals surface area contributed by atoms with Gasteiger partial charge in [0.05, 0.1) is 4.83 Å². The lowest BCUT2D eigenvalue weighted by Gasteiger charge is -2.10. The van der Waals surface area contributed by atoms with Crippen LogP contribution in [0.3, 0.4) is 0 Å². The van der Waals surface area contributed by atoms with Crippen molar-refractivity contribution in [2.45, 2.75) is 44.4 Å². The topological polar surface area (TPSA) is 0 Å². The van der Waals surface area contributed by atoms with E-state index in [0.717, 1.165) is 0 Å². The Morgan fingerprint density at radius 3 is 2.58 bits per heavy atom. The number of fused-ring (bicyclic) bond motifs is 1. The van der Waals surface area contributed by atoms with Crippen molar-refractivity contribution in [1.82, 2.24) is 0 Å². The molecule has 1 aliphatic rings. The molecule has 1 heterocycles. The number of thiophene rings is 1. The van der Waals surface area contributed by atoms with E-state index in [9.17, 15) is 0 Å². The van der Waals surface area contributed by atoms with Crippen LogP contribution in [-0.4, -0.2) is 0 Å². The van der Waals surface area contributed by atoms with Gasteiger partial charge in [-0.15, -0.1) is 11.3 Å². The first kappa shape index (κ1) is 13.4. The molecule has 0 fully saturated rings. The zero-order chi connectivity index (χ0) is 13.4. The maximum atomic E-state index is 3.89. The number of alkyl halides is 1. The first-order valence-electron chi connectivity index (χ1n) is 6.98. The summed E-state index contributed by atoms with van der Waals surface area (Å²) in [5.74, 6) is 0. The molecule has 1 aliphatic carbocycles. The molecule has 0 saturated carbocycles. The fourth-order valence-corrected chi connectivity index (χ4v) is 4.69. The number of halogens is 1. The van der Waals surface area contributed by atoms with Crippen molar-refractivity contribution in [2.24, 2.45) is 0 Å². The first-order chi connectivity index (χ1) is 9.15. The van der Waals surface area contributed by atoms with Crippen LogP contribution in [0.2, 0.25) is 0 Å². The lowest BCUT2D eigenvalue weighted by atomic mass is 9.98. The van der Waals surface area contributed by atoms with Gasteiger partial charge in [-0.1, -0.05) is 34.1 Å². The minimum Gasteiger partial charge on any atom is -0.144 e. The van der Waals surface area contributed by atoms with Gasteiger partial charge in [-0.3, -0.25) is 0 Å². The van der Waals surface area contributed by atoms with Gasteiger partial charge in [0.15, 0.2) is 0 Å². The Bertz CT molecular complexity index is 574. The van der Waals surface area contributed by atoms with Crippen molar-refractivity contribution in [3.05, 3.63) is 56.3 Å². The Morgan fingerprint density at radius 1 is 1.05 bits per heavy atom. The third-order valence-electron chi connectivity index (χ3n) is 4.09. The molecule has 1 unspecified atom stereocenters. The molecular weight excluding hydrogens is 316 g/mol. The van der Waals surface area contributed by atoms with E-state index >= 15 is 0 Å². The molecule has 0 saturated heterocycles. The molecule has 0 spiro atoms. The van der Waals surface area contributed by atoms with Gasteiger partial charge in [-0.05, 0) is 67.9 Å². The standard InChI is InChI=1S/C17H19BrS/c1-11-7-8-14(9-12(11)2)17(18)16-10-13-5-3-4-6-15(13)19-16/h7-10,17H,3-6H2,1-2H3. The first-order valence-corrected chi connectivity index (χ1v) is 8.71. The summed E-state index contributed by atoms with van der Waals surface area (Å²) in [4.78, 5) is 3.44. The highest BCUT2D eigenvalue weighted by atomic mass is 79.9. The predicted octanol–water partition coefficient (Wildman–Crippen LogP) is 5.73. The van der Waals surface area contributed by atoms with Crippen LogP contribution in [-0.2, 0) is 12.8 Å². The minimum atomic E-state index is 0.349. The molecule has 0 aliphatic heterocycles. The lowest BCUT2D eigenvalue weighted by Crippen LogP contribution is -1.96. The number of aryl methyl sites for hydroxylation is 4. The van der Waals surface area contributed by atoms with E-state index in [1.807, 2.05) is 11.3 Å². The Morgan fingerprint density at radius 2 is 1.84 bits per heavy atom. The fraction of sp³-hybridized carbons (Fsp3) is 0.412. The predicted molar refractivity (Wildman–Crippen MR) is 87.6 cm³/mol. The fourth-order valence-electron chi connectivity index (χ4n) is 2.73. The van der Waals surface area contributed by atoms with E-state index in [2.05, 4.69) is 54.0 Å². The summed E-state index contributed by atoms with van der Waals surface area (Å²) in [7, 11) is 0. The number of rotatable bonds is 2. The molecule has 2 aromatic rings. The average Bonchev–Trinajstić information content (AvgIpc) is 2.85. The van der Waals surface area contributed by atoms with Gasteiger partial charge in [-0.25, -0.2) is 0 Å². The monoisotopic (exact) mass is 334 g/mol. The van der Waals surface area contributed by atoms with Crippen LogP contribution in [0, 0.1) is 13.8 Å². The normalized spacial score (nSPS) is 16.2. The van der Waals surface area contributed by atoms with E-state index < -0.39 is 0 Å². The van der Waals surface area contributed by atoms with Crippen molar-refractivity contribution in [3.63, 3.8) is 0 Å². The molecule has 2 heteroatoms. The Kier molecular flexibility index (Phi) is 3.81. The molecule has 1 atom stereocenters. The molecule has 0 nitrogen and oxygen atoms in total. The Balaban J connectivity index is 1.92. The van der Waals surface area contributed by atoms with Crippen LogP contribution in [0.5, 0.6) is 0 Å². The molecule has 19 heavy (non-hydrogen) atoms. The third kappa shape index (κ3) is 2.66. The zero-order valence-electron chi connectivity index (χ0n) is 11.5. The second-order valence-electron chi connectivity index (χ2n) is 5.51. The van der Waals surface area contributed by atoms with Crippen LogP contribution in [0.1, 0.15) is 49.7 Å². The summed E-state index contributed by atoms with van der Waals surface area (Å²) >= 11 is 5.89. The van der Waals surface area contributed by atoms with Crippen molar-refractivity contribution in [1.29, 1.82) is 0 Å². The molecule has 0 N–H and O–H groups in total. The van der Waals surface area contributed by atoms with Crippen molar-refractivity contribution >= 4 is 27.3 Å². The molecule has 0 amide bonds. The summed E-state index contributed by atoms with van der Waals surface area (Å²) in [5, 5.41) is 0. The quantitative estimate of drug-likeness (QED) is 0.615. The van der Waals surface area contributed by atoms with Crippen LogP contribution < -0.4 is 0 Å². The molecule has 100 valence electrons. The third-order valence-corrected chi connectivity index (χ3v) is 6.72. The maximum absolute atomic E-state index is 3.89. The van der Waals surface area contributed by atoms with Gasteiger partial charge in [0.1, 0.15) is 0 Å². The Hall–Kier alpha value is -0.600. The SMILES string of the molecule is Cc1ccc(C(Br)c2cc3c(s2)CCCC3)cc1C. The number of hydrogen-bond donors (Lipinski definition) is 0. The van der Waals surface area contributed by atoms with Crippen LogP contribution >= 0.6 is 27.3 Å². The molecule has 0 bridgehead atoms. The van der Waals surface area contributed by atoms with E-state index in [0.29, 0.717) is 4.83 Å². The van der Waals surface area contributed by atoms with Gasteiger partial charge in [0.25, 0.3) is 0 Å². The van der Waals surface area contributed by atoms with Crippen molar-refractivity contribution in [2.75, 3.05) is 0 Å². The van der Waals surface area contributed by atoms with Crippen molar-refractivity contribution in [3.8, 4) is 0 Å². The lowest BCUT2D eigenvalue weighted by molar-refractivity contribution is 0.697. The molecule has 3 rings (SSSR count). The largest absolute Gasteiger partial charge is 0.144 e. The minimum absolute atomic E-state index is 0.349. The molecule has 1 aromatic carbocycles. The van der Waals surface area contributed by atoms with Gasteiger partial charge in [0, 0.05) is 9.75 Å². The van der Waals surface area contributed by atoms with Gasteiger partial charge < -0.3 is 0 Å². The zero-order valence-corrected chi connectivity index (χ0v) is 13.9. The smallest absolute Gasteiger partial charge is 0.0738 e. The van der Waals surface area contributed by atoms with Gasteiger partial charge in [0.2, 0.25) is 0 Å². The van der Waals surface area contributed by atoms with Gasteiger partial charge in [-0.2, -0.15) is 0 Å². The summed E-state index contributed by atoms with van der Waals surface area (Å²) < 4.78 is 0. The molecule has 0 radical (unpaired) electrons. The summed E-state index contributed by atoms with van der Waals surface area (Å²) in [5.41, 5.74) is 5.72. The summed E-state index contributed by atoms with van der Waals surface area (Å²) in [6.07, 6.45) is 5.29. The molecule has 1 aromatic heterocycles. The number of benzene rings is 1. The maximum Gasteiger partial charge on any atom is 0.0738 e.